The van der Waals surface area contributed by atoms with Crippen molar-refractivity contribution in [1.29, 1.82) is 0 Å². The number of rotatable bonds is 7. The average molecular weight is 269 g/mol. The summed E-state index contributed by atoms with van der Waals surface area (Å²) in [5.41, 5.74) is 0. The summed E-state index contributed by atoms with van der Waals surface area (Å²) in [5, 5.41) is 6.71. The molecule has 1 saturated carbocycles. The number of hydrogen-bond donors (Lipinski definition) is 2. The third-order valence-electron chi connectivity index (χ3n) is 4.07. The highest BCUT2D eigenvalue weighted by Gasteiger charge is 2.19. The summed E-state index contributed by atoms with van der Waals surface area (Å²) in [7, 11) is 1.82. The molecule has 4 heteroatoms. The maximum absolute atomic E-state index is 5.30. The first-order valence-corrected chi connectivity index (χ1v) is 7.82. The highest BCUT2D eigenvalue weighted by Crippen LogP contribution is 2.29. The van der Waals surface area contributed by atoms with E-state index in [4.69, 9.17) is 4.74 Å². The maximum atomic E-state index is 5.30. The molecule has 4 nitrogen and oxygen atoms in total. The van der Waals surface area contributed by atoms with E-state index in [2.05, 4.69) is 22.5 Å². The number of nitrogens with one attached hydrogen (secondary N) is 2. The number of aliphatic imine (C=N–C) groups is 1. The second kappa shape index (κ2) is 10.1. The fourth-order valence-electron chi connectivity index (χ4n) is 2.69. The van der Waals surface area contributed by atoms with Crippen LogP contribution < -0.4 is 10.6 Å². The van der Waals surface area contributed by atoms with E-state index in [1.54, 1.807) is 0 Å². The minimum Gasteiger partial charge on any atom is -0.380 e. The van der Waals surface area contributed by atoms with E-state index in [1.807, 2.05) is 14.0 Å². The second-order valence-electron chi connectivity index (χ2n) is 5.37. The summed E-state index contributed by atoms with van der Waals surface area (Å²) in [6.45, 7) is 7.70. The zero-order valence-corrected chi connectivity index (χ0v) is 12.9. The summed E-state index contributed by atoms with van der Waals surface area (Å²) in [6.07, 6.45) is 6.88. The normalized spacial score (nSPS) is 24.3. The van der Waals surface area contributed by atoms with Crippen LogP contribution in [-0.4, -0.2) is 39.3 Å². The molecule has 1 aliphatic carbocycles. The van der Waals surface area contributed by atoms with E-state index in [-0.39, 0.29) is 0 Å². The van der Waals surface area contributed by atoms with Crippen LogP contribution in [-0.2, 0) is 4.74 Å². The van der Waals surface area contributed by atoms with Crippen molar-refractivity contribution in [3.63, 3.8) is 0 Å². The zero-order chi connectivity index (χ0) is 13.9. The van der Waals surface area contributed by atoms with E-state index in [1.165, 1.54) is 32.1 Å². The SMILES string of the molecule is CCOCCNC(=NC)NCC1CCC(CC)CC1. The molecule has 1 fully saturated rings. The van der Waals surface area contributed by atoms with Crippen molar-refractivity contribution in [2.45, 2.75) is 46.0 Å². The van der Waals surface area contributed by atoms with Crippen molar-refractivity contribution in [2.75, 3.05) is 33.4 Å². The monoisotopic (exact) mass is 269 g/mol. The number of guanidine groups is 1. The molecule has 0 aliphatic heterocycles. The van der Waals surface area contributed by atoms with Gasteiger partial charge in [-0.2, -0.15) is 0 Å². The Morgan fingerprint density at radius 1 is 1.11 bits per heavy atom. The van der Waals surface area contributed by atoms with E-state index in [9.17, 15) is 0 Å². The zero-order valence-electron chi connectivity index (χ0n) is 12.9. The highest BCUT2D eigenvalue weighted by atomic mass is 16.5. The van der Waals surface area contributed by atoms with E-state index in [0.29, 0.717) is 0 Å². The fourth-order valence-corrected chi connectivity index (χ4v) is 2.69. The maximum Gasteiger partial charge on any atom is 0.191 e. The number of hydrogen-bond acceptors (Lipinski definition) is 2. The molecular formula is C15H31N3O. The van der Waals surface area contributed by atoms with Crippen LogP contribution in [0.4, 0.5) is 0 Å². The van der Waals surface area contributed by atoms with E-state index >= 15 is 0 Å². The second-order valence-corrected chi connectivity index (χ2v) is 5.37. The molecule has 112 valence electrons. The molecule has 0 bridgehead atoms. The van der Waals surface area contributed by atoms with Crippen LogP contribution in [0.5, 0.6) is 0 Å². The summed E-state index contributed by atoms with van der Waals surface area (Å²) in [6, 6.07) is 0. The molecule has 0 amide bonds. The molecule has 19 heavy (non-hydrogen) atoms. The van der Waals surface area contributed by atoms with Gasteiger partial charge in [0.15, 0.2) is 5.96 Å². The van der Waals surface area contributed by atoms with Gasteiger partial charge < -0.3 is 15.4 Å². The summed E-state index contributed by atoms with van der Waals surface area (Å²) >= 11 is 0. The van der Waals surface area contributed by atoms with Crippen molar-refractivity contribution in [2.24, 2.45) is 16.8 Å². The van der Waals surface area contributed by atoms with Crippen LogP contribution in [0, 0.1) is 11.8 Å². The minimum absolute atomic E-state index is 0.735. The first-order valence-electron chi connectivity index (χ1n) is 7.82. The highest BCUT2D eigenvalue weighted by molar-refractivity contribution is 5.79. The van der Waals surface area contributed by atoms with Gasteiger partial charge in [-0.3, -0.25) is 4.99 Å². The van der Waals surface area contributed by atoms with Crippen molar-refractivity contribution < 1.29 is 4.74 Å². The third-order valence-corrected chi connectivity index (χ3v) is 4.07. The topological polar surface area (TPSA) is 45.6 Å². The Balaban J connectivity index is 2.12. The standard InChI is InChI=1S/C15H31N3O/c1-4-13-6-8-14(9-7-13)12-18-15(16-3)17-10-11-19-5-2/h13-14H,4-12H2,1-3H3,(H2,16,17,18). The predicted molar refractivity (Wildman–Crippen MR) is 81.6 cm³/mol. The van der Waals surface area contributed by atoms with Gasteiger partial charge in [-0.05, 0) is 31.6 Å². The quantitative estimate of drug-likeness (QED) is 0.424. The molecule has 0 atom stereocenters. The average Bonchev–Trinajstić information content (AvgIpc) is 2.47. The molecule has 0 unspecified atom stereocenters. The molecule has 0 heterocycles. The molecule has 0 aromatic heterocycles. The molecule has 2 N–H and O–H groups in total. The van der Waals surface area contributed by atoms with Gasteiger partial charge in [-0.15, -0.1) is 0 Å². The molecule has 0 radical (unpaired) electrons. The number of ether oxygens (including phenoxy) is 1. The lowest BCUT2D eigenvalue weighted by atomic mass is 9.81. The van der Waals surface area contributed by atoms with Gasteiger partial charge in [0.05, 0.1) is 6.61 Å². The molecule has 0 aromatic rings. The third kappa shape index (κ3) is 6.81. The largest absolute Gasteiger partial charge is 0.380 e. The van der Waals surface area contributed by atoms with Crippen molar-refractivity contribution in [1.82, 2.24) is 10.6 Å². The van der Waals surface area contributed by atoms with Gasteiger partial charge in [0.25, 0.3) is 0 Å². The van der Waals surface area contributed by atoms with E-state index in [0.717, 1.165) is 44.1 Å². The summed E-state index contributed by atoms with van der Waals surface area (Å²) < 4.78 is 5.30. The van der Waals surface area contributed by atoms with Crippen molar-refractivity contribution >= 4 is 5.96 Å². The lowest BCUT2D eigenvalue weighted by Gasteiger charge is -2.28. The molecule has 0 saturated heterocycles. The van der Waals surface area contributed by atoms with Crippen LogP contribution in [0.2, 0.25) is 0 Å². The molecule has 0 aromatic carbocycles. The van der Waals surface area contributed by atoms with Crippen LogP contribution in [0.3, 0.4) is 0 Å². The number of nitrogens with zero attached hydrogens (tertiary/aromatic N) is 1. The van der Waals surface area contributed by atoms with Gasteiger partial charge in [0.1, 0.15) is 0 Å². The van der Waals surface area contributed by atoms with Crippen LogP contribution >= 0.6 is 0 Å². The van der Waals surface area contributed by atoms with Gasteiger partial charge >= 0.3 is 0 Å². The lowest BCUT2D eigenvalue weighted by Crippen LogP contribution is -2.41. The Bertz CT molecular complexity index is 248. The first-order chi connectivity index (χ1) is 9.30. The van der Waals surface area contributed by atoms with Crippen LogP contribution in [0.15, 0.2) is 4.99 Å². The van der Waals surface area contributed by atoms with Gasteiger partial charge in [0.2, 0.25) is 0 Å². The lowest BCUT2D eigenvalue weighted by molar-refractivity contribution is 0.152. The molecule has 1 aliphatic rings. The van der Waals surface area contributed by atoms with Crippen molar-refractivity contribution in [3.8, 4) is 0 Å². The van der Waals surface area contributed by atoms with Crippen LogP contribution in [0.1, 0.15) is 46.0 Å². The van der Waals surface area contributed by atoms with Crippen molar-refractivity contribution in [3.05, 3.63) is 0 Å². The Kier molecular flexibility index (Phi) is 8.63. The first kappa shape index (κ1) is 16.3. The van der Waals surface area contributed by atoms with E-state index < -0.39 is 0 Å². The van der Waals surface area contributed by atoms with Gasteiger partial charge in [0, 0.05) is 26.7 Å². The molecular weight excluding hydrogens is 238 g/mol. The Labute approximate surface area is 118 Å². The van der Waals surface area contributed by atoms with Gasteiger partial charge in [-0.1, -0.05) is 26.2 Å². The Hall–Kier alpha value is -0.770. The van der Waals surface area contributed by atoms with Crippen LogP contribution in [0.25, 0.3) is 0 Å². The Morgan fingerprint density at radius 2 is 1.79 bits per heavy atom. The molecule has 1 rings (SSSR count). The summed E-state index contributed by atoms with van der Waals surface area (Å²) in [4.78, 5) is 4.24. The van der Waals surface area contributed by atoms with Gasteiger partial charge in [-0.25, -0.2) is 0 Å². The predicted octanol–water partition coefficient (Wildman–Crippen LogP) is 2.40. The Morgan fingerprint density at radius 3 is 2.37 bits per heavy atom. The smallest absolute Gasteiger partial charge is 0.191 e. The summed E-state index contributed by atoms with van der Waals surface area (Å²) in [5.74, 6) is 2.69. The fraction of sp³-hybridized carbons (Fsp3) is 0.933. The minimum atomic E-state index is 0.735. The molecule has 0 spiro atoms.